The summed E-state index contributed by atoms with van der Waals surface area (Å²) < 4.78 is 56.3. The summed E-state index contributed by atoms with van der Waals surface area (Å²) in [7, 11) is 4.93. The molecular weight excluding hydrogens is 563 g/mol. The van der Waals surface area contributed by atoms with Gasteiger partial charge >= 0.3 is 0 Å². The largest absolute Gasteiger partial charge is 0.494 e. The molecule has 13 heteroatoms. The van der Waals surface area contributed by atoms with Crippen LogP contribution in [-0.4, -0.2) is 65.9 Å². The lowest BCUT2D eigenvalue weighted by atomic mass is 10.00. The van der Waals surface area contributed by atoms with Gasteiger partial charge in [-0.3, -0.25) is 9.52 Å². The minimum absolute atomic E-state index is 0.180. The highest BCUT2D eigenvalue weighted by Crippen LogP contribution is 2.42. The number of halogens is 3. The summed E-state index contributed by atoms with van der Waals surface area (Å²) in [6, 6.07) is 8.99. The van der Waals surface area contributed by atoms with E-state index >= 15 is 0 Å². The third-order valence-corrected chi connectivity index (χ3v) is 7.85. The summed E-state index contributed by atoms with van der Waals surface area (Å²) >= 11 is 0. The first kappa shape index (κ1) is 28.7. The van der Waals surface area contributed by atoms with Crippen molar-refractivity contribution < 1.29 is 27.5 Å². The Morgan fingerprint density at radius 2 is 1.95 bits per heavy atom. The van der Waals surface area contributed by atoms with E-state index in [1.165, 1.54) is 24.6 Å². The van der Waals surface area contributed by atoms with Gasteiger partial charge in [0.1, 0.15) is 24.1 Å². The van der Waals surface area contributed by atoms with E-state index < -0.39 is 30.0 Å². The number of nitrogens with zero attached hydrogens (tertiary/aromatic N) is 6. The lowest BCUT2D eigenvalue weighted by Crippen LogP contribution is -2.45. The number of methoxy groups -OCH3 is 2. The number of hydrogen-bond donors (Lipinski definition) is 1. The Balaban J connectivity index is 1.33. The van der Waals surface area contributed by atoms with Crippen LogP contribution in [0.15, 0.2) is 55.1 Å². The van der Waals surface area contributed by atoms with E-state index in [0.717, 1.165) is 22.9 Å². The van der Waals surface area contributed by atoms with Crippen LogP contribution in [0.1, 0.15) is 24.4 Å². The second-order valence-corrected chi connectivity index (χ2v) is 10.5. The molecule has 2 saturated heterocycles. The maximum Gasteiger partial charge on any atom is 0.164 e. The topological polar surface area (TPSA) is 89.8 Å². The van der Waals surface area contributed by atoms with Gasteiger partial charge in [0.05, 0.1) is 44.3 Å². The normalized spacial score (nSPS) is 20.5. The number of hydrogen-bond acceptors (Lipinski definition) is 9. The van der Waals surface area contributed by atoms with E-state index in [4.69, 9.17) is 14.3 Å². The number of nitrogens with one attached hydrogen (secondary N) is 1. The summed E-state index contributed by atoms with van der Waals surface area (Å²) in [5.74, 6) is -0.508. The Morgan fingerprint density at radius 3 is 2.70 bits per heavy atom. The minimum Gasteiger partial charge on any atom is -0.494 e. The fourth-order valence-electron chi connectivity index (χ4n) is 5.69. The predicted octanol–water partition coefficient (Wildman–Crippen LogP) is 5.35. The molecule has 0 bridgehead atoms. The van der Waals surface area contributed by atoms with Gasteiger partial charge in [0.25, 0.3) is 0 Å². The van der Waals surface area contributed by atoms with Gasteiger partial charge in [0, 0.05) is 67.8 Å². The molecule has 226 valence electrons. The summed E-state index contributed by atoms with van der Waals surface area (Å²) in [5, 5.41) is 9.11. The second kappa shape index (κ2) is 12.1. The molecule has 0 radical (unpaired) electrons. The minimum atomic E-state index is -1.14. The number of aryl methyl sites for hydroxylation is 1. The van der Waals surface area contributed by atoms with Crippen LogP contribution in [0, 0.1) is 11.6 Å². The molecule has 43 heavy (non-hydrogen) atoms. The van der Waals surface area contributed by atoms with Gasteiger partial charge < -0.3 is 19.7 Å². The van der Waals surface area contributed by atoms with E-state index in [-0.39, 0.29) is 12.1 Å². The highest BCUT2D eigenvalue weighted by molar-refractivity contribution is 5.85. The zero-order valence-corrected chi connectivity index (χ0v) is 24.0. The van der Waals surface area contributed by atoms with Crippen LogP contribution >= 0.6 is 0 Å². The first-order valence-corrected chi connectivity index (χ1v) is 13.9. The molecule has 0 saturated carbocycles. The Hall–Kier alpha value is -4.36. The fraction of sp³-hybridized carbons (Fsp3) is 0.367. The first-order chi connectivity index (χ1) is 20.9. The average molecular weight is 596 g/mol. The summed E-state index contributed by atoms with van der Waals surface area (Å²) in [5.41, 5.74) is 3.28. The molecule has 2 fully saturated rings. The van der Waals surface area contributed by atoms with Crippen molar-refractivity contribution in [2.75, 3.05) is 49.2 Å². The number of rotatable bonds is 8. The van der Waals surface area contributed by atoms with E-state index in [0.29, 0.717) is 49.1 Å². The summed E-state index contributed by atoms with van der Waals surface area (Å²) in [6.45, 7) is 1.11. The Bertz CT molecular complexity index is 1600. The molecule has 4 heterocycles. The van der Waals surface area contributed by atoms with Crippen LogP contribution < -0.4 is 20.0 Å². The molecule has 0 amide bonds. The highest BCUT2D eigenvalue weighted by atomic mass is 19.2. The molecule has 6 rings (SSSR count). The number of aromatic nitrogens is 4. The maximum absolute atomic E-state index is 14.9. The van der Waals surface area contributed by atoms with E-state index in [9.17, 15) is 13.2 Å². The Labute approximate surface area is 247 Å². The molecule has 10 nitrogen and oxygen atoms in total. The number of piperidine rings is 1. The van der Waals surface area contributed by atoms with Crippen LogP contribution in [0.3, 0.4) is 0 Å². The number of hydroxylamine groups is 1. The number of benzene rings is 2. The Morgan fingerprint density at radius 1 is 1.09 bits per heavy atom. The lowest BCUT2D eigenvalue weighted by molar-refractivity contribution is 0.0197. The zero-order valence-electron chi connectivity index (χ0n) is 24.0. The molecule has 4 aromatic rings. The Kier molecular flexibility index (Phi) is 8.08. The van der Waals surface area contributed by atoms with Gasteiger partial charge in [-0.15, -0.1) is 0 Å². The van der Waals surface area contributed by atoms with Gasteiger partial charge in [-0.2, -0.15) is 5.10 Å². The summed E-state index contributed by atoms with van der Waals surface area (Å²) in [4.78, 5) is 16.5. The quantitative estimate of drug-likeness (QED) is 0.289. The monoisotopic (exact) mass is 595 g/mol. The van der Waals surface area contributed by atoms with Crippen LogP contribution in [0.2, 0.25) is 0 Å². The van der Waals surface area contributed by atoms with Crippen molar-refractivity contribution in [3.63, 3.8) is 0 Å². The third-order valence-electron chi connectivity index (χ3n) is 7.85. The van der Waals surface area contributed by atoms with Crippen LogP contribution in [-0.2, 0) is 16.6 Å². The van der Waals surface area contributed by atoms with E-state index in [1.807, 2.05) is 30.3 Å². The maximum atomic E-state index is 14.9. The highest BCUT2D eigenvalue weighted by Gasteiger charge is 2.33. The molecule has 0 aliphatic carbocycles. The van der Waals surface area contributed by atoms with Crippen molar-refractivity contribution in [3.8, 4) is 16.9 Å². The lowest BCUT2D eigenvalue weighted by Gasteiger charge is -2.36. The smallest absolute Gasteiger partial charge is 0.164 e. The van der Waals surface area contributed by atoms with Crippen LogP contribution in [0.25, 0.3) is 11.1 Å². The number of anilines is 4. The molecule has 0 unspecified atom stereocenters. The third kappa shape index (κ3) is 5.69. The summed E-state index contributed by atoms with van der Waals surface area (Å²) in [6.07, 6.45) is 4.44. The van der Waals surface area contributed by atoms with Crippen molar-refractivity contribution in [1.29, 1.82) is 0 Å². The zero-order chi connectivity index (χ0) is 30.1. The molecule has 2 aliphatic rings. The molecular formula is C30H32F3N7O3. The van der Waals surface area contributed by atoms with Gasteiger partial charge in [-0.05, 0) is 18.6 Å². The average Bonchev–Trinajstić information content (AvgIpc) is 3.68. The van der Waals surface area contributed by atoms with Crippen molar-refractivity contribution in [2.24, 2.45) is 7.05 Å². The van der Waals surface area contributed by atoms with Crippen molar-refractivity contribution >= 4 is 23.0 Å². The van der Waals surface area contributed by atoms with Gasteiger partial charge in [-0.1, -0.05) is 12.1 Å². The predicted molar refractivity (Wildman–Crippen MR) is 155 cm³/mol. The van der Waals surface area contributed by atoms with E-state index in [1.54, 1.807) is 30.1 Å². The van der Waals surface area contributed by atoms with E-state index in [2.05, 4.69) is 20.4 Å². The van der Waals surface area contributed by atoms with Crippen LogP contribution in [0.5, 0.6) is 5.75 Å². The molecule has 2 aromatic heterocycles. The molecule has 2 aromatic carbocycles. The molecule has 0 spiro atoms. The fourth-order valence-corrected chi connectivity index (χ4v) is 5.69. The standard InChI is InChI=1S/C30H32F3N7O3/c1-38-15-18(14-36-38)20-11-23(27(42-3)12-25(20)39-9-7-26(41-2)22(32)16-39)37-28-13-29(35-17-34-28)40-24(8-10-43-40)19-5-4-6-21(31)30(19)33/h4-6,11-15,17,22,24,26H,7-10,16H2,1-3H3,(H,34,35,37)/t22-,24-,26+/m1/s1. The number of ether oxygens (including phenoxy) is 2. The SMILES string of the molecule is COc1cc(N2CC[C@H](OC)[C@H](F)C2)c(-c2cnn(C)c2)cc1Nc1cc(N2OCC[C@@H]2c2cccc(F)c2F)ncn1. The second-order valence-electron chi connectivity index (χ2n) is 10.5. The molecule has 3 atom stereocenters. The van der Waals surface area contributed by atoms with Gasteiger partial charge in [0.2, 0.25) is 0 Å². The number of alkyl halides is 1. The van der Waals surface area contributed by atoms with Crippen molar-refractivity contribution in [1.82, 2.24) is 19.7 Å². The van der Waals surface area contributed by atoms with Gasteiger partial charge in [-0.25, -0.2) is 28.2 Å². The van der Waals surface area contributed by atoms with Crippen LogP contribution in [0.4, 0.5) is 36.2 Å². The first-order valence-electron chi connectivity index (χ1n) is 13.9. The van der Waals surface area contributed by atoms with Crippen molar-refractivity contribution in [3.05, 3.63) is 72.3 Å². The van der Waals surface area contributed by atoms with Crippen molar-refractivity contribution in [2.45, 2.75) is 31.2 Å². The van der Waals surface area contributed by atoms with Gasteiger partial charge in [0.15, 0.2) is 17.5 Å². The molecule has 1 N–H and O–H groups in total. The molecule has 2 aliphatic heterocycles.